The summed E-state index contributed by atoms with van der Waals surface area (Å²) in [5, 5.41) is 15.2. The molecule has 2 aromatic heterocycles. The van der Waals surface area contributed by atoms with Gasteiger partial charge in [0.05, 0.1) is 13.2 Å². The van der Waals surface area contributed by atoms with Gasteiger partial charge in [-0.15, -0.1) is 15.3 Å². The molecule has 1 aromatic carbocycles. The summed E-state index contributed by atoms with van der Waals surface area (Å²) in [6.45, 7) is 2.69. The summed E-state index contributed by atoms with van der Waals surface area (Å²) in [6, 6.07) is 13.2. The Morgan fingerprint density at radius 2 is 2.00 bits per heavy atom. The van der Waals surface area contributed by atoms with E-state index in [1.54, 1.807) is 23.6 Å². The number of carbonyl (C=O) groups is 1. The molecule has 124 valence electrons. The molecule has 0 unspecified atom stereocenters. The van der Waals surface area contributed by atoms with Gasteiger partial charge in [-0.2, -0.15) is 4.52 Å². The summed E-state index contributed by atoms with van der Waals surface area (Å²) in [5.74, 6) is 1.06. The van der Waals surface area contributed by atoms with E-state index in [1.165, 1.54) is 0 Å². The Balaban J connectivity index is 1.68. The van der Waals surface area contributed by atoms with E-state index in [-0.39, 0.29) is 6.61 Å². The van der Waals surface area contributed by atoms with E-state index in [0.29, 0.717) is 30.5 Å². The minimum absolute atomic E-state index is 0.278. The number of hydrogen-bond donors (Lipinski definition) is 1. The Hall–Kier alpha value is -3.16. The third-order valence-electron chi connectivity index (χ3n) is 3.17. The summed E-state index contributed by atoms with van der Waals surface area (Å²) in [6.07, 6.45) is -0.463. The number of aromatic nitrogens is 4. The van der Waals surface area contributed by atoms with Crippen molar-refractivity contribution in [2.45, 2.75) is 6.92 Å². The lowest BCUT2D eigenvalue weighted by Gasteiger charge is -2.07. The average Bonchev–Trinajstić information content (AvgIpc) is 3.03. The van der Waals surface area contributed by atoms with Gasteiger partial charge >= 0.3 is 6.09 Å². The number of benzene rings is 1. The second-order valence-corrected chi connectivity index (χ2v) is 4.83. The number of carbonyl (C=O) groups excluding carboxylic acids is 1. The van der Waals surface area contributed by atoms with Crippen LogP contribution in [0.1, 0.15) is 6.92 Å². The van der Waals surface area contributed by atoms with Crippen LogP contribution in [0.2, 0.25) is 0 Å². The molecule has 8 nitrogen and oxygen atoms in total. The van der Waals surface area contributed by atoms with Gasteiger partial charge in [0.2, 0.25) is 5.88 Å². The molecule has 0 atom stereocenters. The van der Waals surface area contributed by atoms with E-state index in [9.17, 15) is 4.79 Å². The fourth-order valence-corrected chi connectivity index (χ4v) is 2.11. The first-order chi connectivity index (χ1) is 11.8. The van der Waals surface area contributed by atoms with Crippen LogP contribution in [0.4, 0.5) is 4.79 Å². The number of amides is 1. The highest BCUT2D eigenvalue weighted by molar-refractivity contribution is 5.67. The van der Waals surface area contributed by atoms with Crippen molar-refractivity contribution in [2.24, 2.45) is 0 Å². The van der Waals surface area contributed by atoms with E-state index in [2.05, 4.69) is 20.6 Å². The summed E-state index contributed by atoms with van der Waals surface area (Å²) in [4.78, 5) is 11.2. The number of alkyl carbamates (subject to hydrolysis) is 1. The number of nitrogens with zero attached hydrogens (tertiary/aromatic N) is 4. The van der Waals surface area contributed by atoms with Crippen molar-refractivity contribution in [3.05, 3.63) is 42.5 Å². The molecule has 0 saturated heterocycles. The molecule has 0 aliphatic heterocycles. The average molecular weight is 327 g/mol. The second kappa shape index (κ2) is 7.40. The van der Waals surface area contributed by atoms with E-state index in [4.69, 9.17) is 9.47 Å². The number of ether oxygens (including phenoxy) is 2. The molecule has 1 N–H and O–H groups in total. The highest BCUT2D eigenvalue weighted by atomic mass is 16.5. The topological polar surface area (TPSA) is 90.6 Å². The summed E-state index contributed by atoms with van der Waals surface area (Å²) in [5.41, 5.74) is 1.55. The van der Waals surface area contributed by atoms with Crippen LogP contribution in [-0.2, 0) is 4.74 Å². The molecule has 24 heavy (non-hydrogen) atoms. The first kappa shape index (κ1) is 15.7. The molecule has 0 radical (unpaired) electrons. The van der Waals surface area contributed by atoms with Gasteiger partial charge in [0, 0.05) is 11.6 Å². The Kier molecular flexibility index (Phi) is 4.85. The molecule has 1 amide bonds. The maximum atomic E-state index is 11.2. The smallest absolute Gasteiger partial charge is 0.407 e. The van der Waals surface area contributed by atoms with E-state index in [0.717, 1.165) is 5.56 Å². The van der Waals surface area contributed by atoms with Crippen molar-refractivity contribution in [3.8, 4) is 17.3 Å². The SMILES string of the molecule is CCOC(=O)NCCOc1ccc2nnc(-c3ccccc3)n2n1. The highest BCUT2D eigenvalue weighted by Gasteiger charge is 2.10. The van der Waals surface area contributed by atoms with Gasteiger partial charge in [-0.1, -0.05) is 30.3 Å². The number of nitrogens with one attached hydrogen (secondary N) is 1. The second-order valence-electron chi connectivity index (χ2n) is 4.83. The lowest BCUT2D eigenvalue weighted by Crippen LogP contribution is -2.28. The zero-order chi connectivity index (χ0) is 16.8. The van der Waals surface area contributed by atoms with Crippen LogP contribution in [0.3, 0.4) is 0 Å². The summed E-state index contributed by atoms with van der Waals surface area (Å²) in [7, 11) is 0. The van der Waals surface area contributed by atoms with Crippen molar-refractivity contribution in [1.29, 1.82) is 0 Å². The molecule has 2 heterocycles. The zero-order valence-electron chi connectivity index (χ0n) is 13.2. The standard InChI is InChI=1S/C16H17N5O3/c1-2-23-16(22)17-10-11-24-14-9-8-13-18-19-15(21(13)20-14)12-6-4-3-5-7-12/h3-9H,2,10-11H2,1H3,(H,17,22). The Morgan fingerprint density at radius 1 is 1.17 bits per heavy atom. The quantitative estimate of drug-likeness (QED) is 0.696. The Labute approximate surface area is 138 Å². The Morgan fingerprint density at radius 3 is 2.79 bits per heavy atom. The number of fused-ring (bicyclic) bond motifs is 1. The summed E-state index contributed by atoms with van der Waals surface area (Å²) >= 11 is 0. The van der Waals surface area contributed by atoms with Crippen LogP contribution in [-0.4, -0.2) is 45.7 Å². The number of hydrogen-bond acceptors (Lipinski definition) is 6. The van der Waals surface area contributed by atoms with E-state index >= 15 is 0 Å². The van der Waals surface area contributed by atoms with Gasteiger partial charge in [0.15, 0.2) is 11.5 Å². The fraction of sp³-hybridized carbons (Fsp3) is 0.250. The van der Waals surface area contributed by atoms with Crippen LogP contribution in [0.5, 0.6) is 5.88 Å². The van der Waals surface area contributed by atoms with Gasteiger partial charge in [-0.05, 0) is 13.0 Å². The van der Waals surface area contributed by atoms with E-state index < -0.39 is 6.09 Å². The Bertz CT molecular complexity index is 819. The van der Waals surface area contributed by atoms with Gasteiger partial charge in [-0.25, -0.2) is 4.79 Å². The van der Waals surface area contributed by atoms with Crippen LogP contribution in [0, 0.1) is 0 Å². The van der Waals surface area contributed by atoms with Crippen LogP contribution in [0.25, 0.3) is 17.0 Å². The molecule has 8 heteroatoms. The largest absolute Gasteiger partial charge is 0.475 e. The maximum absolute atomic E-state index is 11.2. The van der Waals surface area contributed by atoms with Gasteiger partial charge in [0.1, 0.15) is 6.61 Å². The number of rotatable bonds is 6. The highest BCUT2D eigenvalue weighted by Crippen LogP contribution is 2.18. The van der Waals surface area contributed by atoms with Crippen LogP contribution < -0.4 is 10.1 Å². The molecular formula is C16H17N5O3. The molecule has 0 aliphatic carbocycles. The predicted octanol–water partition coefficient (Wildman–Crippen LogP) is 1.92. The van der Waals surface area contributed by atoms with Crippen LogP contribution in [0.15, 0.2) is 42.5 Å². The van der Waals surface area contributed by atoms with E-state index in [1.807, 2.05) is 30.3 Å². The summed E-state index contributed by atoms with van der Waals surface area (Å²) < 4.78 is 11.9. The van der Waals surface area contributed by atoms with Crippen molar-refractivity contribution in [1.82, 2.24) is 25.1 Å². The van der Waals surface area contributed by atoms with Crippen LogP contribution >= 0.6 is 0 Å². The monoisotopic (exact) mass is 327 g/mol. The van der Waals surface area contributed by atoms with Gasteiger partial charge < -0.3 is 14.8 Å². The molecule has 3 rings (SSSR count). The molecule has 0 aliphatic rings. The lowest BCUT2D eigenvalue weighted by molar-refractivity contribution is 0.149. The van der Waals surface area contributed by atoms with Crippen molar-refractivity contribution in [2.75, 3.05) is 19.8 Å². The van der Waals surface area contributed by atoms with Crippen molar-refractivity contribution < 1.29 is 14.3 Å². The van der Waals surface area contributed by atoms with Crippen molar-refractivity contribution in [3.63, 3.8) is 0 Å². The third kappa shape index (κ3) is 3.60. The first-order valence-electron chi connectivity index (χ1n) is 7.59. The molecule has 0 fully saturated rings. The minimum Gasteiger partial charge on any atom is -0.475 e. The van der Waals surface area contributed by atoms with Crippen molar-refractivity contribution >= 4 is 11.7 Å². The molecule has 0 spiro atoms. The normalized spacial score (nSPS) is 10.5. The molecule has 0 saturated carbocycles. The fourth-order valence-electron chi connectivity index (χ4n) is 2.11. The maximum Gasteiger partial charge on any atom is 0.407 e. The third-order valence-corrected chi connectivity index (χ3v) is 3.17. The predicted molar refractivity (Wildman–Crippen MR) is 86.7 cm³/mol. The lowest BCUT2D eigenvalue weighted by atomic mass is 10.2. The zero-order valence-corrected chi connectivity index (χ0v) is 13.2. The van der Waals surface area contributed by atoms with Gasteiger partial charge in [0.25, 0.3) is 0 Å². The molecule has 0 bridgehead atoms. The molecular weight excluding hydrogens is 310 g/mol. The first-order valence-corrected chi connectivity index (χ1v) is 7.59. The minimum atomic E-state index is -0.463. The van der Waals surface area contributed by atoms with Gasteiger partial charge in [-0.3, -0.25) is 0 Å². The molecule has 3 aromatic rings.